The number of rotatable bonds is 6. The Morgan fingerprint density at radius 3 is 2.29 bits per heavy atom. The highest BCUT2D eigenvalue weighted by Crippen LogP contribution is 2.44. The fourth-order valence-corrected chi connectivity index (χ4v) is 5.76. The van der Waals surface area contributed by atoms with E-state index in [2.05, 4.69) is 29.6 Å². The van der Waals surface area contributed by atoms with E-state index in [1.807, 2.05) is 24.3 Å². The van der Waals surface area contributed by atoms with E-state index in [1.54, 1.807) is 0 Å². The van der Waals surface area contributed by atoms with Crippen LogP contribution in [-0.4, -0.2) is 66.9 Å². The fourth-order valence-electron chi connectivity index (χ4n) is 5.76. The van der Waals surface area contributed by atoms with Gasteiger partial charge in [-0.25, -0.2) is 9.59 Å². The predicted octanol–water partition coefficient (Wildman–Crippen LogP) is 3.40. The zero-order valence-corrected chi connectivity index (χ0v) is 19.6. The van der Waals surface area contributed by atoms with Gasteiger partial charge in [-0.2, -0.15) is 0 Å². The first-order valence-corrected chi connectivity index (χ1v) is 12.2. The van der Waals surface area contributed by atoms with Crippen molar-refractivity contribution in [1.82, 2.24) is 10.2 Å². The van der Waals surface area contributed by atoms with Crippen molar-refractivity contribution in [1.29, 1.82) is 0 Å². The quantitative estimate of drug-likeness (QED) is 0.659. The Labute approximate surface area is 204 Å². The van der Waals surface area contributed by atoms with E-state index in [0.717, 1.165) is 35.1 Å². The molecular formula is C27H30N2O6. The Balaban J connectivity index is 1.24. The van der Waals surface area contributed by atoms with Crippen molar-refractivity contribution in [2.45, 2.75) is 37.6 Å². The van der Waals surface area contributed by atoms with E-state index < -0.39 is 23.5 Å². The Morgan fingerprint density at radius 2 is 1.66 bits per heavy atom. The lowest BCUT2D eigenvalue weighted by molar-refractivity contribution is -0.163. The highest BCUT2D eigenvalue weighted by atomic mass is 16.5. The van der Waals surface area contributed by atoms with Crippen LogP contribution in [0.3, 0.4) is 0 Å². The number of carboxylic acid groups (broad SMARTS) is 1. The van der Waals surface area contributed by atoms with E-state index >= 15 is 0 Å². The number of alkyl carbamates (subject to hydrolysis) is 1. The van der Waals surface area contributed by atoms with Crippen LogP contribution >= 0.6 is 0 Å². The highest BCUT2D eigenvalue weighted by molar-refractivity contribution is 5.88. The van der Waals surface area contributed by atoms with Crippen LogP contribution in [0.5, 0.6) is 0 Å². The topological polar surface area (TPSA) is 105 Å². The molecule has 2 fully saturated rings. The van der Waals surface area contributed by atoms with Crippen LogP contribution in [0.4, 0.5) is 4.79 Å². The van der Waals surface area contributed by atoms with Crippen molar-refractivity contribution < 1.29 is 29.0 Å². The first-order valence-electron chi connectivity index (χ1n) is 12.2. The van der Waals surface area contributed by atoms with Gasteiger partial charge in [0.25, 0.3) is 0 Å². The standard InChI is InChI=1S/C27H30N2O6/c30-24(31)23-16-34-14-13-29(23)25(32)27(11-5-6-12-27)17-28-26(33)35-15-22-20-9-3-1-7-18(20)19-8-2-4-10-21(19)22/h1-4,7-10,22-23H,5-6,11-17H2,(H,28,33)(H,30,31). The van der Waals surface area contributed by atoms with Crippen molar-refractivity contribution in [3.05, 3.63) is 59.7 Å². The number of carbonyl (C=O) groups is 3. The van der Waals surface area contributed by atoms with E-state index in [0.29, 0.717) is 19.4 Å². The summed E-state index contributed by atoms with van der Waals surface area (Å²) in [5.41, 5.74) is 3.78. The molecule has 2 N–H and O–H groups in total. The van der Waals surface area contributed by atoms with Crippen molar-refractivity contribution in [2.75, 3.05) is 32.9 Å². The van der Waals surface area contributed by atoms with Gasteiger partial charge in [-0.1, -0.05) is 61.4 Å². The first-order chi connectivity index (χ1) is 17.0. The molecule has 1 atom stereocenters. The maximum Gasteiger partial charge on any atom is 0.407 e. The second-order valence-electron chi connectivity index (χ2n) is 9.59. The molecule has 0 radical (unpaired) electrons. The summed E-state index contributed by atoms with van der Waals surface area (Å²) in [6.45, 7) is 0.864. The number of fused-ring (bicyclic) bond motifs is 3. The number of carbonyl (C=O) groups excluding carboxylic acids is 2. The number of benzene rings is 2. The van der Waals surface area contributed by atoms with E-state index in [-0.39, 0.29) is 38.1 Å². The number of morpholine rings is 1. The average molecular weight is 479 g/mol. The van der Waals surface area contributed by atoms with E-state index in [1.165, 1.54) is 4.90 Å². The second-order valence-corrected chi connectivity index (χ2v) is 9.59. The van der Waals surface area contributed by atoms with E-state index in [4.69, 9.17) is 9.47 Å². The normalized spacial score (nSPS) is 20.7. The third-order valence-corrected chi connectivity index (χ3v) is 7.60. The van der Waals surface area contributed by atoms with Gasteiger partial charge in [-0.3, -0.25) is 4.79 Å². The molecule has 2 amide bonds. The minimum atomic E-state index is -1.07. The van der Waals surface area contributed by atoms with Crippen molar-refractivity contribution in [2.24, 2.45) is 5.41 Å². The van der Waals surface area contributed by atoms with Gasteiger partial charge in [0.15, 0.2) is 6.04 Å². The van der Waals surface area contributed by atoms with Gasteiger partial charge in [0, 0.05) is 19.0 Å². The van der Waals surface area contributed by atoms with Crippen LogP contribution in [0.15, 0.2) is 48.5 Å². The molecular weight excluding hydrogens is 448 g/mol. The average Bonchev–Trinajstić information content (AvgIpc) is 3.49. The Bertz CT molecular complexity index is 1080. The molecule has 3 aliphatic rings. The molecule has 1 saturated heterocycles. The molecule has 2 aliphatic carbocycles. The first kappa shape index (κ1) is 23.4. The summed E-state index contributed by atoms with van der Waals surface area (Å²) in [4.78, 5) is 39.3. The van der Waals surface area contributed by atoms with Crippen molar-refractivity contribution in [3.8, 4) is 11.1 Å². The van der Waals surface area contributed by atoms with Crippen LogP contribution in [-0.2, 0) is 19.1 Å². The summed E-state index contributed by atoms with van der Waals surface area (Å²) in [7, 11) is 0. The van der Waals surface area contributed by atoms with Gasteiger partial charge >= 0.3 is 12.1 Å². The van der Waals surface area contributed by atoms with Gasteiger partial charge < -0.3 is 24.8 Å². The molecule has 0 spiro atoms. The molecule has 1 aliphatic heterocycles. The number of ether oxygens (including phenoxy) is 2. The molecule has 2 aromatic rings. The monoisotopic (exact) mass is 478 g/mol. The molecule has 1 unspecified atom stereocenters. The van der Waals surface area contributed by atoms with Crippen LogP contribution in [0.1, 0.15) is 42.7 Å². The molecule has 5 rings (SSSR count). The molecule has 184 valence electrons. The summed E-state index contributed by atoms with van der Waals surface area (Å²) in [6, 6.07) is 15.3. The Kier molecular flexibility index (Phi) is 6.47. The third kappa shape index (κ3) is 4.38. The van der Waals surface area contributed by atoms with Gasteiger partial charge in [0.2, 0.25) is 5.91 Å². The number of nitrogens with one attached hydrogen (secondary N) is 1. The largest absolute Gasteiger partial charge is 0.480 e. The van der Waals surface area contributed by atoms with Gasteiger partial charge in [-0.15, -0.1) is 0 Å². The highest BCUT2D eigenvalue weighted by Gasteiger charge is 2.47. The van der Waals surface area contributed by atoms with Crippen molar-refractivity contribution in [3.63, 3.8) is 0 Å². The molecule has 35 heavy (non-hydrogen) atoms. The molecule has 2 aromatic carbocycles. The summed E-state index contributed by atoms with van der Waals surface area (Å²) >= 11 is 0. The minimum absolute atomic E-state index is 0.0169. The maximum atomic E-state index is 13.5. The molecule has 0 aromatic heterocycles. The maximum absolute atomic E-state index is 13.5. The van der Waals surface area contributed by atoms with Gasteiger partial charge in [-0.05, 0) is 35.1 Å². The third-order valence-electron chi connectivity index (χ3n) is 7.60. The zero-order valence-electron chi connectivity index (χ0n) is 19.6. The Hall–Kier alpha value is -3.39. The van der Waals surface area contributed by atoms with Gasteiger partial charge in [0.1, 0.15) is 6.61 Å². The lowest BCUT2D eigenvalue weighted by Gasteiger charge is -2.39. The van der Waals surface area contributed by atoms with Crippen LogP contribution < -0.4 is 5.32 Å². The van der Waals surface area contributed by atoms with E-state index in [9.17, 15) is 19.5 Å². The SMILES string of the molecule is O=C(NCC1(C(=O)N2CCOCC2C(=O)O)CCCC1)OCC1c2ccccc2-c2ccccc21. The van der Waals surface area contributed by atoms with Crippen LogP contribution in [0.2, 0.25) is 0 Å². The second kappa shape index (κ2) is 9.70. The predicted molar refractivity (Wildman–Crippen MR) is 128 cm³/mol. The number of carboxylic acids is 1. The number of aliphatic carboxylic acids is 1. The number of nitrogens with zero attached hydrogens (tertiary/aromatic N) is 1. The lowest BCUT2D eigenvalue weighted by Crippen LogP contribution is -2.58. The number of hydrogen-bond donors (Lipinski definition) is 2. The fraction of sp³-hybridized carbons (Fsp3) is 0.444. The smallest absolute Gasteiger partial charge is 0.407 e. The Morgan fingerprint density at radius 1 is 1.03 bits per heavy atom. The summed E-state index contributed by atoms with van der Waals surface area (Å²) in [5.74, 6) is -1.33. The number of amides is 2. The minimum Gasteiger partial charge on any atom is -0.480 e. The van der Waals surface area contributed by atoms with Gasteiger partial charge in [0.05, 0.1) is 18.6 Å². The molecule has 1 saturated carbocycles. The lowest BCUT2D eigenvalue weighted by atomic mass is 9.83. The summed E-state index contributed by atoms with van der Waals surface area (Å²) in [5, 5.41) is 12.4. The molecule has 1 heterocycles. The number of hydrogen-bond acceptors (Lipinski definition) is 5. The van der Waals surface area contributed by atoms with Crippen molar-refractivity contribution >= 4 is 18.0 Å². The summed E-state index contributed by atoms with van der Waals surface area (Å²) < 4.78 is 10.9. The van der Waals surface area contributed by atoms with Crippen LogP contribution in [0.25, 0.3) is 11.1 Å². The summed E-state index contributed by atoms with van der Waals surface area (Å²) in [6.07, 6.45) is 2.38. The van der Waals surface area contributed by atoms with Crippen LogP contribution in [0, 0.1) is 5.41 Å². The zero-order chi connectivity index (χ0) is 24.4. The molecule has 0 bridgehead atoms. The molecule has 8 heteroatoms. The molecule has 8 nitrogen and oxygen atoms in total.